The van der Waals surface area contributed by atoms with Gasteiger partial charge in [0.05, 0.1) is 6.42 Å². The summed E-state index contributed by atoms with van der Waals surface area (Å²) >= 11 is 0. The van der Waals surface area contributed by atoms with E-state index in [0.717, 1.165) is 18.4 Å². The lowest BCUT2D eigenvalue weighted by atomic mass is 9.99. The number of carbonyl (C=O) groups excluding carboxylic acids is 2. The van der Waals surface area contributed by atoms with Gasteiger partial charge in [-0.05, 0) is 25.7 Å². The second kappa shape index (κ2) is 4.40. The molecule has 0 aromatic rings. The molecule has 0 unspecified atom stereocenters. The maximum Gasteiger partial charge on any atom is 0.254 e. The van der Waals surface area contributed by atoms with Crippen LogP contribution < -0.4 is 5.32 Å². The summed E-state index contributed by atoms with van der Waals surface area (Å²) in [6, 6.07) is 0. The molecular formula is C11H17NO2. The monoisotopic (exact) mass is 195 g/mol. The molecule has 0 saturated carbocycles. The molecule has 0 atom stereocenters. The lowest BCUT2D eigenvalue weighted by Crippen LogP contribution is -2.19. The van der Waals surface area contributed by atoms with Crippen LogP contribution in [0.25, 0.3) is 0 Å². The highest BCUT2D eigenvalue weighted by atomic mass is 16.2. The molecule has 1 heterocycles. The Balaban J connectivity index is 2.64. The van der Waals surface area contributed by atoms with E-state index >= 15 is 0 Å². The van der Waals surface area contributed by atoms with Gasteiger partial charge in [-0.3, -0.25) is 14.9 Å². The predicted molar refractivity (Wildman–Crippen MR) is 54.5 cm³/mol. The van der Waals surface area contributed by atoms with Crippen molar-refractivity contribution in [1.29, 1.82) is 0 Å². The van der Waals surface area contributed by atoms with E-state index < -0.39 is 0 Å². The van der Waals surface area contributed by atoms with Crippen molar-refractivity contribution in [1.82, 2.24) is 5.32 Å². The van der Waals surface area contributed by atoms with Crippen molar-refractivity contribution in [2.75, 3.05) is 0 Å². The molecule has 1 fully saturated rings. The number of carbonyl (C=O) groups is 2. The van der Waals surface area contributed by atoms with E-state index in [1.165, 1.54) is 0 Å². The molecule has 0 radical (unpaired) electrons. The molecule has 0 aromatic carbocycles. The van der Waals surface area contributed by atoms with Crippen LogP contribution in [-0.2, 0) is 9.59 Å². The van der Waals surface area contributed by atoms with E-state index in [2.05, 4.69) is 19.2 Å². The topological polar surface area (TPSA) is 46.2 Å². The number of hydrogen-bond acceptors (Lipinski definition) is 2. The summed E-state index contributed by atoms with van der Waals surface area (Å²) in [6.07, 6.45) is 2.24. The summed E-state index contributed by atoms with van der Waals surface area (Å²) in [5, 5.41) is 2.30. The van der Waals surface area contributed by atoms with Gasteiger partial charge in [-0.2, -0.15) is 0 Å². The van der Waals surface area contributed by atoms with E-state index in [1.807, 2.05) is 6.92 Å². The highest BCUT2D eigenvalue weighted by Gasteiger charge is 2.25. The Morgan fingerprint density at radius 2 is 2.07 bits per heavy atom. The summed E-state index contributed by atoms with van der Waals surface area (Å²) in [7, 11) is 0. The Morgan fingerprint density at radius 3 is 2.50 bits per heavy atom. The second-order valence-corrected chi connectivity index (χ2v) is 4.25. The highest BCUT2D eigenvalue weighted by Crippen LogP contribution is 2.20. The van der Waals surface area contributed by atoms with E-state index in [9.17, 15) is 9.59 Å². The molecule has 1 rings (SSSR count). The predicted octanol–water partition coefficient (Wildman–Crippen LogP) is 1.79. The maximum absolute atomic E-state index is 11.3. The van der Waals surface area contributed by atoms with E-state index in [1.54, 1.807) is 0 Å². The molecule has 1 aliphatic rings. The van der Waals surface area contributed by atoms with Crippen molar-refractivity contribution in [2.45, 2.75) is 40.0 Å². The number of allylic oxidation sites excluding steroid dienone is 1. The van der Waals surface area contributed by atoms with Crippen LogP contribution in [0.15, 0.2) is 11.1 Å². The van der Waals surface area contributed by atoms with Crippen LogP contribution in [0.2, 0.25) is 0 Å². The molecule has 1 aliphatic heterocycles. The van der Waals surface area contributed by atoms with Crippen LogP contribution in [0.3, 0.4) is 0 Å². The Bertz CT molecular complexity index is 290. The van der Waals surface area contributed by atoms with E-state index in [4.69, 9.17) is 0 Å². The minimum absolute atomic E-state index is 0.172. The average Bonchev–Trinajstić information content (AvgIpc) is 2.41. The number of imide groups is 1. The first kappa shape index (κ1) is 11.0. The SMILES string of the molecule is C/C(CCC(C)C)=C1\CC(=O)NC1=O. The van der Waals surface area contributed by atoms with Crippen LogP contribution >= 0.6 is 0 Å². The molecule has 2 amide bonds. The smallest absolute Gasteiger partial charge is 0.254 e. The largest absolute Gasteiger partial charge is 0.292 e. The van der Waals surface area contributed by atoms with Gasteiger partial charge in [0.25, 0.3) is 5.91 Å². The average molecular weight is 195 g/mol. The maximum atomic E-state index is 11.3. The van der Waals surface area contributed by atoms with Crippen LogP contribution in [0.5, 0.6) is 0 Å². The third-order valence-electron chi connectivity index (χ3n) is 2.48. The van der Waals surface area contributed by atoms with Crippen LogP contribution in [-0.4, -0.2) is 11.8 Å². The summed E-state index contributed by atoms with van der Waals surface area (Å²) in [4.78, 5) is 22.2. The first-order chi connectivity index (χ1) is 6.50. The van der Waals surface area contributed by atoms with Crippen molar-refractivity contribution >= 4 is 11.8 Å². The molecule has 0 aliphatic carbocycles. The lowest BCUT2D eigenvalue weighted by Gasteiger charge is -2.06. The minimum Gasteiger partial charge on any atom is -0.292 e. The molecule has 1 saturated heterocycles. The highest BCUT2D eigenvalue weighted by molar-refractivity contribution is 6.13. The summed E-state index contributed by atoms with van der Waals surface area (Å²) in [5.74, 6) is 0.260. The molecule has 78 valence electrons. The minimum atomic E-state index is -0.198. The quantitative estimate of drug-likeness (QED) is 0.551. The Hall–Kier alpha value is -1.12. The summed E-state index contributed by atoms with van der Waals surface area (Å²) in [6.45, 7) is 6.24. The number of hydrogen-bond donors (Lipinski definition) is 1. The molecular weight excluding hydrogens is 178 g/mol. The third-order valence-corrected chi connectivity index (χ3v) is 2.48. The van der Waals surface area contributed by atoms with Gasteiger partial charge < -0.3 is 0 Å². The second-order valence-electron chi connectivity index (χ2n) is 4.25. The van der Waals surface area contributed by atoms with Crippen molar-refractivity contribution < 1.29 is 9.59 Å². The fourth-order valence-electron chi connectivity index (χ4n) is 1.49. The number of rotatable bonds is 3. The van der Waals surface area contributed by atoms with Gasteiger partial charge in [0, 0.05) is 5.57 Å². The summed E-state index contributed by atoms with van der Waals surface area (Å²) < 4.78 is 0. The van der Waals surface area contributed by atoms with Gasteiger partial charge >= 0.3 is 0 Å². The van der Waals surface area contributed by atoms with Gasteiger partial charge in [-0.1, -0.05) is 19.4 Å². The molecule has 0 bridgehead atoms. The molecule has 0 aromatic heterocycles. The molecule has 14 heavy (non-hydrogen) atoms. The number of nitrogens with one attached hydrogen (secondary N) is 1. The zero-order valence-electron chi connectivity index (χ0n) is 9.02. The Labute approximate surface area is 84.6 Å². The fourth-order valence-corrected chi connectivity index (χ4v) is 1.49. The third kappa shape index (κ3) is 2.69. The van der Waals surface area contributed by atoms with Crippen molar-refractivity contribution in [3.8, 4) is 0 Å². The van der Waals surface area contributed by atoms with Crippen molar-refractivity contribution in [2.24, 2.45) is 5.92 Å². The number of amides is 2. The van der Waals surface area contributed by atoms with Crippen LogP contribution in [0, 0.1) is 5.92 Å². The Kier molecular flexibility index (Phi) is 3.44. The molecule has 3 nitrogen and oxygen atoms in total. The van der Waals surface area contributed by atoms with Gasteiger partial charge in [-0.25, -0.2) is 0 Å². The Morgan fingerprint density at radius 1 is 1.43 bits per heavy atom. The standard InChI is InChI=1S/C11H17NO2/c1-7(2)4-5-8(3)9-6-10(13)12-11(9)14/h7H,4-6H2,1-3H3,(H,12,13,14)/b9-8-. The van der Waals surface area contributed by atoms with Crippen LogP contribution in [0.4, 0.5) is 0 Å². The lowest BCUT2D eigenvalue weighted by molar-refractivity contribution is -0.124. The first-order valence-electron chi connectivity index (χ1n) is 5.03. The van der Waals surface area contributed by atoms with Crippen molar-refractivity contribution in [3.05, 3.63) is 11.1 Å². The summed E-state index contributed by atoms with van der Waals surface area (Å²) in [5.41, 5.74) is 1.73. The fraction of sp³-hybridized carbons (Fsp3) is 0.636. The van der Waals surface area contributed by atoms with Crippen LogP contribution in [0.1, 0.15) is 40.0 Å². The zero-order valence-corrected chi connectivity index (χ0v) is 9.02. The zero-order chi connectivity index (χ0) is 10.7. The van der Waals surface area contributed by atoms with Crippen molar-refractivity contribution in [3.63, 3.8) is 0 Å². The molecule has 1 N–H and O–H groups in total. The molecule has 3 heteroatoms. The molecule has 0 spiro atoms. The normalized spacial score (nSPS) is 20.3. The van der Waals surface area contributed by atoms with Gasteiger partial charge in [-0.15, -0.1) is 0 Å². The van der Waals surface area contributed by atoms with E-state index in [0.29, 0.717) is 11.5 Å². The van der Waals surface area contributed by atoms with Gasteiger partial charge in [0.2, 0.25) is 5.91 Å². The first-order valence-corrected chi connectivity index (χ1v) is 5.03. The van der Waals surface area contributed by atoms with Gasteiger partial charge in [0.1, 0.15) is 0 Å². The van der Waals surface area contributed by atoms with E-state index in [-0.39, 0.29) is 18.2 Å². The van der Waals surface area contributed by atoms with Gasteiger partial charge in [0.15, 0.2) is 0 Å².